The van der Waals surface area contributed by atoms with Crippen LogP contribution in [0.2, 0.25) is 0 Å². The summed E-state index contributed by atoms with van der Waals surface area (Å²) in [5.41, 5.74) is 8.56. The van der Waals surface area contributed by atoms with Crippen LogP contribution in [0.1, 0.15) is 45.0 Å². The Bertz CT molecular complexity index is 1250. The van der Waals surface area contributed by atoms with Gasteiger partial charge in [0.2, 0.25) is 11.8 Å². The van der Waals surface area contributed by atoms with Crippen molar-refractivity contribution in [2.24, 2.45) is 5.73 Å². The molecule has 0 aliphatic carbocycles. The summed E-state index contributed by atoms with van der Waals surface area (Å²) >= 11 is 1.48. The summed E-state index contributed by atoms with van der Waals surface area (Å²) in [5.74, 6) is 0.0507. The number of nitrogens with zero attached hydrogens (tertiary/aromatic N) is 3. The summed E-state index contributed by atoms with van der Waals surface area (Å²) in [5, 5.41) is 13.8. The molecule has 2 aromatic carbocycles. The number of carbonyl (C=O) groups excluding carboxylic acids is 1. The van der Waals surface area contributed by atoms with Gasteiger partial charge in [0.1, 0.15) is 11.7 Å². The number of halogens is 1. The van der Waals surface area contributed by atoms with E-state index in [9.17, 15) is 9.18 Å². The van der Waals surface area contributed by atoms with Gasteiger partial charge in [-0.15, -0.1) is 21.5 Å². The van der Waals surface area contributed by atoms with Gasteiger partial charge >= 0.3 is 0 Å². The van der Waals surface area contributed by atoms with Gasteiger partial charge in [0.25, 0.3) is 5.91 Å². The first-order valence-electron chi connectivity index (χ1n) is 10.4. The maximum atomic E-state index is 13.7. The molecule has 1 atom stereocenters. The van der Waals surface area contributed by atoms with E-state index in [1.54, 1.807) is 25.1 Å². The second-order valence-electron chi connectivity index (χ2n) is 8.06. The highest BCUT2D eigenvalue weighted by Crippen LogP contribution is 2.29. The van der Waals surface area contributed by atoms with Crippen molar-refractivity contribution in [1.29, 1.82) is 0 Å². The summed E-state index contributed by atoms with van der Waals surface area (Å²) < 4.78 is 19.5. The zero-order valence-electron chi connectivity index (χ0n) is 18.3. The van der Waals surface area contributed by atoms with E-state index >= 15 is 0 Å². The number of nitrogens with one attached hydrogen (secondary N) is 1. The van der Waals surface area contributed by atoms with Gasteiger partial charge in [-0.05, 0) is 43.5 Å². The lowest BCUT2D eigenvalue weighted by Crippen LogP contribution is -2.35. The Morgan fingerprint density at radius 2 is 2.00 bits per heavy atom. The number of alkyl halides is 1. The van der Waals surface area contributed by atoms with E-state index in [1.807, 2.05) is 42.6 Å². The number of hydrogen-bond donors (Lipinski definition) is 2. The largest absolute Gasteiger partial charge is 0.419 e. The number of benzene rings is 2. The van der Waals surface area contributed by atoms with E-state index in [4.69, 9.17) is 10.2 Å². The predicted octanol–water partition coefficient (Wildman–Crippen LogP) is 4.32. The molecule has 1 unspecified atom stereocenters. The second kappa shape index (κ2) is 9.60. The molecule has 4 rings (SSSR count). The Hall–Kier alpha value is -3.43. The van der Waals surface area contributed by atoms with Crippen molar-refractivity contribution in [2.45, 2.75) is 39.0 Å². The van der Waals surface area contributed by atoms with E-state index in [-0.39, 0.29) is 17.7 Å². The topological polar surface area (TPSA) is 107 Å². The Labute approximate surface area is 194 Å². The monoisotopic (exact) mass is 465 g/mol. The van der Waals surface area contributed by atoms with Crippen LogP contribution in [0.15, 0.2) is 58.3 Å². The van der Waals surface area contributed by atoms with Crippen LogP contribution in [-0.4, -0.2) is 21.1 Å². The van der Waals surface area contributed by atoms with Crippen LogP contribution in [0.25, 0.3) is 11.5 Å². The number of nitrogens with two attached hydrogens (primary N) is 1. The van der Waals surface area contributed by atoms with Crippen LogP contribution < -0.4 is 11.1 Å². The molecule has 0 spiro atoms. The number of amides is 1. The number of thiazole rings is 1. The number of carbonyl (C=O) groups is 1. The van der Waals surface area contributed by atoms with Gasteiger partial charge in [-0.25, -0.2) is 9.37 Å². The van der Waals surface area contributed by atoms with Crippen molar-refractivity contribution in [2.75, 3.05) is 0 Å². The fourth-order valence-electron chi connectivity index (χ4n) is 3.43. The fraction of sp³-hybridized carbons (Fsp3) is 0.250. The third-order valence-corrected chi connectivity index (χ3v) is 6.11. The lowest BCUT2D eigenvalue weighted by molar-refractivity contribution is 0.0951. The van der Waals surface area contributed by atoms with Crippen molar-refractivity contribution in [3.05, 3.63) is 87.2 Å². The number of rotatable bonds is 8. The summed E-state index contributed by atoms with van der Waals surface area (Å²) in [6.45, 7) is 3.27. The molecule has 0 aliphatic rings. The van der Waals surface area contributed by atoms with Crippen molar-refractivity contribution in [1.82, 2.24) is 20.5 Å². The first-order chi connectivity index (χ1) is 15.9. The lowest BCUT2D eigenvalue weighted by Gasteiger charge is -2.20. The Balaban J connectivity index is 1.55. The third-order valence-electron chi connectivity index (χ3n) is 5.14. The van der Waals surface area contributed by atoms with Crippen LogP contribution in [0.4, 0.5) is 4.39 Å². The standard InChI is InChI=1S/C24H24FN5O2S/c1-15-14-33-20(28-15)13-27-21(31)17-8-9-18(12-25)19(10-17)22-29-30-23(32-22)24(2,26)11-16-6-4-3-5-7-16/h3-10,14H,11-13,26H2,1-2H3,(H,27,31). The average Bonchev–Trinajstić information content (AvgIpc) is 3.47. The molecule has 3 N–H and O–H groups in total. The van der Waals surface area contributed by atoms with E-state index < -0.39 is 12.2 Å². The zero-order chi connectivity index (χ0) is 23.4. The van der Waals surface area contributed by atoms with Gasteiger partial charge in [-0.2, -0.15) is 0 Å². The molecular weight excluding hydrogens is 441 g/mol. The van der Waals surface area contributed by atoms with Gasteiger partial charge in [0.15, 0.2) is 0 Å². The highest BCUT2D eigenvalue weighted by Gasteiger charge is 2.29. The molecule has 1 amide bonds. The van der Waals surface area contributed by atoms with Crippen LogP contribution in [0, 0.1) is 6.92 Å². The van der Waals surface area contributed by atoms with Crippen molar-refractivity contribution in [3.63, 3.8) is 0 Å². The molecule has 170 valence electrons. The maximum Gasteiger partial charge on any atom is 0.251 e. The molecule has 2 aromatic heterocycles. The SMILES string of the molecule is Cc1csc(CNC(=O)c2ccc(CF)c(-c3nnc(C(C)(N)Cc4ccccc4)o3)c2)n1. The number of aromatic nitrogens is 3. The zero-order valence-corrected chi connectivity index (χ0v) is 19.2. The molecule has 0 saturated heterocycles. The van der Waals surface area contributed by atoms with Gasteiger partial charge in [-0.1, -0.05) is 36.4 Å². The number of hydrogen-bond acceptors (Lipinski definition) is 7. The van der Waals surface area contributed by atoms with Crippen LogP contribution >= 0.6 is 11.3 Å². The molecule has 0 fully saturated rings. The maximum absolute atomic E-state index is 13.7. The van der Waals surface area contributed by atoms with Crippen molar-refractivity contribution < 1.29 is 13.6 Å². The molecule has 0 saturated carbocycles. The Morgan fingerprint density at radius 3 is 2.70 bits per heavy atom. The smallest absolute Gasteiger partial charge is 0.251 e. The van der Waals surface area contributed by atoms with Crippen LogP contribution in [0.5, 0.6) is 0 Å². The first-order valence-corrected chi connectivity index (χ1v) is 11.3. The third kappa shape index (κ3) is 5.32. The normalized spacial score (nSPS) is 13.0. The fourth-order valence-corrected chi connectivity index (χ4v) is 4.15. The van der Waals surface area contributed by atoms with E-state index in [0.29, 0.717) is 29.7 Å². The minimum atomic E-state index is -0.913. The quantitative estimate of drug-likeness (QED) is 0.401. The van der Waals surface area contributed by atoms with E-state index in [0.717, 1.165) is 16.3 Å². The molecule has 0 aliphatic heterocycles. The molecule has 7 nitrogen and oxygen atoms in total. The van der Waals surface area contributed by atoms with Crippen molar-refractivity contribution >= 4 is 17.2 Å². The van der Waals surface area contributed by atoms with Gasteiger partial charge in [-0.3, -0.25) is 4.79 Å². The molecular formula is C24H24FN5O2S. The molecule has 2 heterocycles. The van der Waals surface area contributed by atoms with Gasteiger partial charge < -0.3 is 15.5 Å². The molecule has 0 radical (unpaired) electrons. The minimum absolute atomic E-state index is 0.118. The average molecular weight is 466 g/mol. The van der Waals surface area contributed by atoms with E-state index in [2.05, 4.69) is 20.5 Å². The highest BCUT2D eigenvalue weighted by molar-refractivity contribution is 7.09. The summed E-state index contributed by atoms with van der Waals surface area (Å²) in [4.78, 5) is 17.0. The predicted molar refractivity (Wildman–Crippen MR) is 124 cm³/mol. The van der Waals surface area contributed by atoms with Gasteiger partial charge in [0, 0.05) is 22.2 Å². The Kier molecular flexibility index (Phi) is 6.62. The highest BCUT2D eigenvalue weighted by atomic mass is 32.1. The van der Waals surface area contributed by atoms with Gasteiger partial charge in [0.05, 0.1) is 12.1 Å². The molecule has 4 aromatic rings. The summed E-state index contributed by atoms with van der Waals surface area (Å²) in [7, 11) is 0. The van der Waals surface area contributed by atoms with Crippen molar-refractivity contribution in [3.8, 4) is 11.5 Å². The molecule has 9 heteroatoms. The lowest BCUT2D eigenvalue weighted by atomic mass is 9.94. The molecule has 33 heavy (non-hydrogen) atoms. The first kappa shape index (κ1) is 22.8. The van der Waals surface area contributed by atoms with E-state index in [1.165, 1.54) is 11.3 Å². The molecule has 0 bridgehead atoms. The minimum Gasteiger partial charge on any atom is -0.419 e. The Morgan fingerprint density at radius 1 is 1.21 bits per heavy atom. The van der Waals surface area contributed by atoms with Crippen LogP contribution in [-0.2, 0) is 25.2 Å². The summed E-state index contributed by atoms with van der Waals surface area (Å²) in [6, 6.07) is 14.4. The second-order valence-corrected chi connectivity index (χ2v) is 9.01. The summed E-state index contributed by atoms with van der Waals surface area (Å²) in [6.07, 6.45) is 0.490. The number of aryl methyl sites for hydroxylation is 1. The van der Waals surface area contributed by atoms with Crippen LogP contribution in [0.3, 0.4) is 0 Å².